The highest BCUT2D eigenvalue weighted by Crippen LogP contribution is 2.20. The van der Waals surface area contributed by atoms with E-state index in [9.17, 15) is 0 Å². The van der Waals surface area contributed by atoms with Gasteiger partial charge in [-0.3, -0.25) is 0 Å². The lowest BCUT2D eigenvalue weighted by atomic mass is 10.1. The van der Waals surface area contributed by atoms with Crippen molar-refractivity contribution in [3.8, 4) is 0 Å². The van der Waals surface area contributed by atoms with Crippen molar-refractivity contribution < 1.29 is 4.74 Å². The minimum Gasteiger partial charge on any atom is -0.378 e. The van der Waals surface area contributed by atoms with Crippen LogP contribution in [0.3, 0.4) is 0 Å². The van der Waals surface area contributed by atoms with Gasteiger partial charge < -0.3 is 9.30 Å². The SMILES string of the molecule is Cc1nc2ccccc2n1CCCC1CCCO1. The number of aromatic nitrogens is 2. The molecule has 0 bridgehead atoms. The van der Waals surface area contributed by atoms with Gasteiger partial charge >= 0.3 is 0 Å². The molecule has 1 aliphatic rings. The van der Waals surface area contributed by atoms with Crippen LogP contribution < -0.4 is 0 Å². The van der Waals surface area contributed by atoms with Gasteiger partial charge in [0, 0.05) is 13.2 Å². The maximum Gasteiger partial charge on any atom is 0.106 e. The average molecular weight is 244 g/mol. The zero-order valence-electron chi connectivity index (χ0n) is 10.9. The van der Waals surface area contributed by atoms with Crippen LogP contribution >= 0.6 is 0 Å². The molecule has 0 spiro atoms. The minimum atomic E-state index is 0.500. The Labute approximate surface area is 108 Å². The normalized spacial score (nSPS) is 19.7. The standard InChI is InChI=1S/C15H20N2O/c1-12-16-14-8-2-3-9-15(14)17(12)10-4-6-13-7-5-11-18-13/h2-3,8-9,13H,4-7,10-11H2,1H3. The third-order valence-corrected chi connectivity index (χ3v) is 3.78. The summed E-state index contributed by atoms with van der Waals surface area (Å²) in [6.07, 6.45) is 5.32. The first kappa shape index (κ1) is 11.7. The van der Waals surface area contributed by atoms with E-state index in [1.54, 1.807) is 0 Å². The van der Waals surface area contributed by atoms with Crippen LogP contribution in [0.1, 0.15) is 31.5 Å². The van der Waals surface area contributed by atoms with Gasteiger partial charge in [-0.25, -0.2) is 4.98 Å². The molecule has 1 fully saturated rings. The smallest absolute Gasteiger partial charge is 0.106 e. The van der Waals surface area contributed by atoms with Gasteiger partial charge in [-0.15, -0.1) is 0 Å². The van der Waals surface area contributed by atoms with Crippen LogP contribution in [-0.4, -0.2) is 22.3 Å². The van der Waals surface area contributed by atoms with Crippen molar-refractivity contribution in [1.82, 2.24) is 9.55 Å². The second-order valence-corrected chi connectivity index (χ2v) is 5.08. The van der Waals surface area contributed by atoms with Gasteiger partial charge in [0.2, 0.25) is 0 Å². The molecule has 1 atom stereocenters. The molecular weight excluding hydrogens is 224 g/mol. The number of ether oxygens (including phenoxy) is 1. The molecule has 1 aromatic carbocycles. The fourth-order valence-electron chi connectivity index (χ4n) is 2.83. The van der Waals surface area contributed by atoms with E-state index in [2.05, 4.69) is 34.7 Å². The third-order valence-electron chi connectivity index (χ3n) is 3.78. The summed E-state index contributed by atoms with van der Waals surface area (Å²) in [5.41, 5.74) is 2.36. The van der Waals surface area contributed by atoms with E-state index in [1.807, 2.05) is 6.07 Å². The Bertz CT molecular complexity index is 526. The van der Waals surface area contributed by atoms with Crippen LogP contribution in [0.4, 0.5) is 0 Å². The van der Waals surface area contributed by atoms with E-state index < -0.39 is 0 Å². The molecule has 0 N–H and O–H groups in total. The van der Waals surface area contributed by atoms with Crippen LogP contribution in [0.15, 0.2) is 24.3 Å². The summed E-state index contributed by atoms with van der Waals surface area (Å²) in [5, 5.41) is 0. The van der Waals surface area contributed by atoms with Crippen molar-refractivity contribution in [3.63, 3.8) is 0 Å². The first-order valence-corrected chi connectivity index (χ1v) is 6.88. The molecule has 3 nitrogen and oxygen atoms in total. The molecule has 1 aliphatic heterocycles. The highest BCUT2D eigenvalue weighted by Gasteiger charge is 2.15. The molecule has 2 aromatic rings. The zero-order chi connectivity index (χ0) is 12.4. The van der Waals surface area contributed by atoms with Gasteiger partial charge in [-0.05, 0) is 44.7 Å². The molecule has 96 valence electrons. The van der Waals surface area contributed by atoms with Crippen molar-refractivity contribution >= 4 is 11.0 Å². The number of benzene rings is 1. The van der Waals surface area contributed by atoms with E-state index in [1.165, 1.54) is 31.2 Å². The topological polar surface area (TPSA) is 27.1 Å². The summed E-state index contributed by atoms with van der Waals surface area (Å²) < 4.78 is 7.99. The second kappa shape index (κ2) is 5.11. The maximum absolute atomic E-state index is 5.67. The van der Waals surface area contributed by atoms with Gasteiger partial charge in [0.1, 0.15) is 5.82 Å². The lowest BCUT2D eigenvalue weighted by Gasteiger charge is -2.10. The zero-order valence-corrected chi connectivity index (χ0v) is 10.9. The molecule has 0 radical (unpaired) electrons. The molecular formula is C15H20N2O. The monoisotopic (exact) mass is 244 g/mol. The van der Waals surface area contributed by atoms with Crippen LogP contribution in [-0.2, 0) is 11.3 Å². The van der Waals surface area contributed by atoms with Crippen molar-refractivity contribution in [2.75, 3.05) is 6.61 Å². The molecule has 1 saturated heterocycles. The summed E-state index contributed by atoms with van der Waals surface area (Å²) >= 11 is 0. The summed E-state index contributed by atoms with van der Waals surface area (Å²) in [6, 6.07) is 8.37. The first-order chi connectivity index (χ1) is 8.84. The Morgan fingerprint density at radius 3 is 3.11 bits per heavy atom. The van der Waals surface area contributed by atoms with E-state index in [0.29, 0.717) is 6.10 Å². The van der Waals surface area contributed by atoms with Crippen molar-refractivity contribution in [2.24, 2.45) is 0 Å². The number of hydrogen-bond acceptors (Lipinski definition) is 2. The number of fused-ring (bicyclic) bond motifs is 1. The van der Waals surface area contributed by atoms with Gasteiger partial charge in [0.05, 0.1) is 17.1 Å². The number of para-hydroxylation sites is 2. The van der Waals surface area contributed by atoms with Crippen LogP contribution in [0.2, 0.25) is 0 Å². The summed E-state index contributed by atoms with van der Waals surface area (Å²) in [4.78, 5) is 4.60. The second-order valence-electron chi connectivity index (χ2n) is 5.08. The molecule has 3 rings (SSSR count). The summed E-state index contributed by atoms with van der Waals surface area (Å²) in [7, 11) is 0. The number of aryl methyl sites for hydroxylation is 2. The van der Waals surface area contributed by atoms with Crippen molar-refractivity contribution in [1.29, 1.82) is 0 Å². The molecule has 1 aromatic heterocycles. The van der Waals surface area contributed by atoms with Gasteiger partial charge in [0.25, 0.3) is 0 Å². The highest BCUT2D eigenvalue weighted by molar-refractivity contribution is 5.75. The molecule has 0 aliphatic carbocycles. The van der Waals surface area contributed by atoms with Gasteiger partial charge in [-0.2, -0.15) is 0 Å². The Kier molecular flexibility index (Phi) is 3.33. The minimum absolute atomic E-state index is 0.500. The molecule has 1 unspecified atom stereocenters. The van der Waals surface area contributed by atoms with E-state index >= 15 is 0 Å². The highest BCUT2D eigenvalue weighted by atomic mass is 16.5. The maximum atomic E-state index is 5.67. The fraction of sp³-hybridized carbons (Fsp3) is 0.533. The average Bonchev–Trinajstić information content (AvgIpc) is 2.98. The van der Waals surface area contributed by atoms with Crippen molar-refractivity contribution in [3.05, 3.63) is 30.1 Å². The predicted octanol–water partition coefficient (Wildman–Crippen LogP) is 3.30. The Morgan fingerprint density at radius 1 is 1.39 bits per heavy atom. The summed E-state index contributed by atoms with van der Waals surface area (Å²) in [5.74, 6) is 1.11. The van der Waals surface area contributed by atoms with Crippen LogP contribution in [0.25, 0.3) is 11.0 Å². The quantitative estimate of drug-likeness (QED) is 0.825. The molecule has 0 amide bonds. The Hall–Kier alpha value is -1.35. The molecule has 18 heavy (non-hydrogen) atoms. The lowest BCUT2D eigenvalue weighted by Crippen LogP contribution is -2.08. The Morgan fingerprint density at radius 2 is 2.28 bits per heavy atom. The Balaban J connectivity index is 1.68. The molecule has 3 heteroatoms. The van der Waals surface area contributed by atoms with E-state index in [-0.39, 0.29) is 0 Å². The number of nitrogens with zero attached hydrogens (tertiary/aromatic N) is 2. The van der Waals surface area contributed by atoms with E-state index in [0.717, 1.165) is 24.5 Å². The lowest BCUT2D eigenvalue weighted by molar-refractivity contribution is 0.101. The largest absolute Gasteiger partial charge is 0.378 e. The van der Waals surface area contributed by atoms with Crippen molar-refractivity contribution in [2.45, 2.75) is 45.3 Å². The third kappa shape index (κ3) is 2.27. The predicted molar refractivity (Wildman–Crippen MR) is 72.7 cm³/mol. The van der Waals surface area contributed by atoms with Crippen LogP contribution in [0, 0.1) is 6.92 Å². The van der Waals surface area contributed by atoms with E-state index in [4.69, 9.17) is 4.74 Å². The number of hydrogen-bond donors (Lipinski definition) is 0. The molecule has 0 saturated carbocycles. The first-order valence-electron chi connectivity index (χ1n) is 6.88. The molecule has 2 heterocycles. The fourth-order valence-corrected chi connectivity index (χ4v) is 2.83. The summed E-state index contributed by atoms with van der Waals surface area (Å²) in [6.45, 7) is 4.09. The van der Waals surface area contributed by atoms with Gasteiger partial charge in [-0.1, -0.05) is 12.1 Å². The number of rotatable bonds is 4. The number of imidazole rings is 1. The van der Waals surface area contributed by atoms with Crippen LogP contribution in [0.5, 0.6) is 0 Å². The van der Waals surface area contributed by atoms with Gasteiger partial charge in [0.15, 0.2) is 0 Å².